The van der Waals surface area contributed by atoms with Crippen LogP contribution in [0.3, 0.4) is 0 Å². The van der Waals surface area contributed by atoms with E-state index in [-0.39, 0.29) is 35.1 Å². The minimum atomic E-state index is -2.97. The van der Waals surface area contributed by atoms with Crippen molar-refractivity contribution in [3.63, 3.8) is 0 Å². The summed E-state index contributed by atoms with van der Waals surface area (Å²) in [5.41, 5.74) is -0.466. The number of carbonyl (C=O) groups excluding carboxylic acids is 1. The Morgan fingerprint density at radius 2 is 1.89 bits per heavy atom. The Kier molecular flexibility index (Phi) is 6.47. The Balaban J connectivity index is 2.30. The number of hydrogen-bond acceptors (Lipinski definition) is 6. The van der Waals surface area contributed by atoms with Crippen LogP contribution in [0.15, 0.2) is 36.4 Å². The lowest BCUT2D eigenvalue weighted by Crippen LogP contribution is -2.14. The van der Waals surface area contributed by atoms with Gasteiger partial charge in [-0.25, -0.2) is 0 Å². The smallest absolute Gasteiger partial charge is 0.387 e. The number of ether oxygens (including phenoxy) is 3. The van der Waals surface area contributed by atoms with Gasteiger partial charge < -0.3 is 19.5 Å². The summed E-state index contributed by atoms with van der Waals surface area (Å²) in [7, 11) is 1.34. The van der Waals surface area contributed by atoms with E-state index in [1.54, 1.807) is 6.92 Å². The first-order valence-corrected chi connectivity index (χ1v) is 7.71. The van der Waals surface area contributed by atoms with Gasteiger partial charge in [0.25, 0.3) is 11.6 Å². The van der Waals surface area contributed by atoms with E-state index < -0.39 is 23.1 Å². The third-order valence-electron chi connectivity index (χ3n) is 3.36. The van der Waals surface area contributed by atoms with Crippen LogP contribution in [0.2, 0.25) is 0 Å². The predicted molar refractivity (Wildman–Crippen MR) is 91.8 cm³/mol. The van der Waals surface area contributed by atoms with Crippen molar-refractivity contribution in [1.29, 1.82) is 0 Å². The van der Waals surface area contributed by atoms with Crippen LogP contribution in [0.4, 0.5) is 20.2 Å². The van der Waals surface area contributed by atoms with Crippen molar-refractivity contribution in [3.8, 4) is 17.2 Å². The highest BCUT2D eigenvalue weighted by molar-refractivity contribution is 6.07. The largest absolute Gasteiger partial charge is 0.493 e. The average Bonchev–Trinajstić information content (AvgIpc) is 2.62. The van der Waals surface area contributed by atoms with Crippen molar-refractivity contribution in [2.45, 2.75) is 13.5 Å². The highest BCUT2D eigenvalue weighted by Crippen LogP contribution is 2.35. The second-order valence-corrected chi connectivity index (χ2v) is 5.07. The highest BCUT2D eigenvalue weighted by atomic mass is 19.3. The standard InChI is InChI=1S/C17H16F2N2O6/c1-3-26-15-9-13(21(23)24)12(8-14(15)25-2)16(22)20-10-4-6-11(7-5-10)27-17(18)19/h4-9,17H,3H2,1-2H3,(H,20,22). The number of carbonyl (C=O) groups is 1. The van der Waals surface area contributed by atoms with Crippen LogP contribution in [0.1, 0.15) is 17.3 Å². The molecule has 0 radical (unpaired) electrons. The molecule has 2 rings (SSSR count). The van der Waals surface area contributed by atoms with Gasteiger partial charge in [0.15, 0.2) is 11.5 Å². The van der Waals surface area contributed by atoms with E-state index in [0.29, 0.717) is 0 Å². The summed E-state index contributed by atoms with van der Waals surface area (Å²) in [4.78, 5) is 23.1. The monoisotopic (exact) mass is 382 g/mol. The highest BCUT2D eigenvalue weighted by Gasteiger charge is 2.25. The molecule has 0 unspecified atom stereocenters. The fourth-order valence-corrected chi connectivity index (χ4v) is 2.23. The molecule has 0 saturated carbocycles. The summed E-state index contributed by atoms with van der Waals surface area (Å²) >= 11 is 0. The second-order valence-electron chi connectivity index (χ2n) is 5.07. The number of methoxy groups -OCH3 is 1. The van der Waals surface area contributed by atoms with Crippen LogP contribution in [-0.2, 0) is 0 Å². The van der Waals surface area contributed by atoms with Gasteiger partial charge >= 0.3 is 6.61 Å². The molecule has 1 N–H and O–H groups in total. The van der Waals surface area contributed by atoms with Gasteiger partial charge in [0, 0.05) is 11.8 Å². The van der Waals surface area contributed by atoms with Crippen LogP contribution in [-0.4, -0.2) is 31.2 Å². The summed E-state index contributed by atoms with van der Waals surface area (Å²) < 4.78 is 38.9. The lowest BCUT2D eigenvalue weighted by Gasteiger charge is -2.12. The Bertz CT molecular complexity index is 827. The van der Waals surface area contributed by atoms with E-state index in [1.165, 1.54) is 37.4 Å². The molecule has 0 aromatic heterocycles. The van der Waals surface area contributed by atoms with Crippen LogP contribution in [0.5, 0.6) is 17.2 Å². The molecular weight excluding hydrogens is 366 g/mol. The Hall–Kier alpha value is -3.43. The van der Waals surface area contributed by atoms with E-state index >= 15 is 0 Å². The first-order chi connectivity index (χ1) is 12.8. The molecule has 144 valence electrons. The van der Waals surface area contributed by atoms with Gasteiger partial charge in [0.1, 0.15) is 11.3 Å². The van der Waals surface area contributed by atoms with Crippen LogP contribution in [0, 0.1) is 10.1 Å². The van der Waals surface area contributed by atoms with Gasteiger partial charge in [-0.3, -0.25) is 14.9 Å². The van der Waals surface area contributed by atoms with Crippen molar-refractivity contribution >= 4 is 17.3 Å². The molecule has 0 heterocycles. The zero-order chi connectivity index (χ0) is 20.0. The Morgan fingerprint density at radius 3 is 2.41 bits per heavy atom. The Morgan fingerprint density at radius 1 is 1.22 bits per heavy atom. The molecule has 1 amide bonds. The molecule has 0 atom stereocenters. The molecule has 0 aliphatic rings. The number of hydrogen-bond donors (Lipinski definition) is 1. The van der Waals surface area contributed by atoms with E-state index in [2.05, 4.69) is 10.1 Å². The van der Waals surface area contributed by atoms with Crippen molar-refractivity contribution in [2.75, 3.05) is 19.0 Å². The SMILES string of the molecule is CCOc1cc([N+](=O)[O-])c(C(=O)Nc2ccc(OC(F)F)cc2)cc1OC. The number of benzene rings is 2. The van der Waals surface area contributed by atoms with Crippen LogP contribution < -0.4 is 19.5 Å². The molecule has 10 heteroatoms. The normalized spacial score (nSPS) is 10.4. The maximum Gasteiger partial charge on any atom is 0.387 e. The first kappa shape index (κ1) is 19.9. The summed E-state index contributed by atoms with van der Waals surface area (Å²) in [6, 6.07) is 7.42. The van der Waals surface area contributed by atoms with Crippen molar-refractivity contribution in [3.05, 3.63) is 52.1 Å². The third-order valence-corrected chi connectivity index (χ3v) is 3.36. The minimum Gasteiger partial charge on any atom is -0.493 e. The molecule has 0 saturated heterocycles. The van der Waals surface area contributed by atoms with Crippen molar-refractivity contribution in [2.24, 2.45) is 0 Å². The third kappa shape index (κ3) is 5.03. The lowest BCUT2D eigenvalue weighted by molar-refractivity contribution is -0.385. The van der Waals surface area contributed by atoms with E-state index in [4.69, 9.17) is 9.47 Å². The summed E-state index contributed by atoms with van der Waals surface area (Å²) in [6.45, 7) is -1.01. The molecule has 0 bridgehead atoms. The maximum absolute atomic E-state index is 12.5. The number of nitrogens with one attached hydrogen (secondary N) is 1. The number of amides is 1. The predicted octanol–water partition coefficient (Wildman–Crippen LogP) is 3.86. The zero-order valence-electron chi connectivity index (χ0n) is 14.4. The summed E-state index contributed by atoms with van der Waals surface area (Å²) in [5.74, 6) is -0.563. The second kappa shape index (κ2) is 8.79. The van der Waals surface area contributed by atoms with E-state index in [9.17, 15) is 23.7 Å². The molecule has 27 heavy (non-hydrogen) atoms. The van der Waals surface area contributed by atoms with Gasteiger partial charge in [-0.15, -0.1) is 0 Å². The molecule has 2 aromatic carbocycles. The molecule has 2 aromatic rings. The van der Waals surface area contributed by atoms with Gasteiger partial charge in [0.05, 0.1) is 24.7 Å². The molecular formula is C17H16F2N2O6. The van der Waals surface area contributed by atoms with Crippen LogP contribution in [0.25, 0.3) is 0 Å². The van der Waals surface area contributed by atoms with Crippen molar-refractivity contribution in [1.82, 2.24) is 0 Å². The lowest BCUT2D eigenvalue weighted by atomic mass is 10.1. The van der Waals surface area contributed by atoms with Gasteiger partial charge in [-0.05, 0) is 31.2 Å². The zero-order valence-corrected chi connectivity index (χ0v) is 14.4. The van der Waals surface area contributed by atoms with Crippen LogP contribution >= 0.6 is 0 Å². The molecule has 0 spiro atoms. The quantitative estimate of drug-likeness (QED) is 0.550. The minimum absolute atomic E-state index is 0.0864. The van der Waals surface area contributed by atoms with E-state index in [0.717, 1.165) is 6.07 Å². The summed E-state index contributed by atoms with van der Waals surface area (Å²) in [6.07, 6.45) is 0. The number of nitrogens with zero attached hydrogens (tertiary/aromatic N) is 1. The first-order valence-electron chi connectivity index (χ1n) is 7.71. The maximum atomic E-state index is 12.5. The Labute approximate surface area is 152 Å². The molecule has 8 nitrogen and oxygen atoms in total. The number of nitro benzene ring substituents is 1. The average molecular weight is 382 g/mol. The number of nitro groups is 1. The molecule has 0 fully saturated rings. The van der Waals surface area contributed by atoms with Gasteiger partial charge in [-0.2, -0.15) is 8.78 Å². The van der Waals surface area contributed by atoms with E-state index in [1.807, 2.05) is 0 Å². The number of anilines is 1. The number of alkyl halides is 2. The van der Waals surface area contributed by atoms with Gasteiger partial charge in [0.2, 0.25) is 0 Å². The fraction of sp³-hybridized carbons (Fsp3) is 0.235. The van der Waals surface area contributed by atoms with Crippen molar-refractivity contribution < 1.29 is 32.7 Å². The molecule has 0 aliphatic carbocycles. The fourth-order valence-electron chi connectivity index (χ4n) is 2.23. The number of rotatable bonds is 8. The number of halogens is 2. The molecule has 0 aliphatic heterocycles. The topological polar surface area (TPSA) is 99.9 Å². The van der Waals surface area contributed by atoms with Gasteiger partial charge in [-0.1, -0.05) is 0 Å². The summed E-state index contributed by atoms with van der Waals surface area (Å²) in [5, 5.41) is 13.8.